The Hall–Kier alpha value is -1.07. The second kappa shape index (κ2) is 6.91. The van der Waals surface area contributed by atoms with Crippen molar-refractivity contribution >= 4 is 17.2 Å². The predicted octanol–water partition coefficient (Wildman–Crippen LogP) is 2.36. The van der Waals surface area contributed by atoms with E-state index in [0.717, 1.165) is 36.7 Å². The Morgan fingerprint density at radius 3 is 3.00 bits per heavy atom. The van der Waals surface area contributed by atoms with Crippen LogP contribution in [-0.2, 0) is 0 Å². The van der Waals surface area contributed by atoms with Gasteiger partial charge in [-0.1, -0.05) is 6.42 Å². The van der Waals surface area contributed by atoms with Gasteiger partial charge in [0.2, 0.25) is 0 Å². The van der Waals surface area contributed by atoms with Crippen molar-refractivity contribution < 1.29 is 9.53 Å². The Kier molecular flexibility index (Phi) is 5.22. The van der Waals surface area contributed by atoms with Gasteiger partial charge < -0.3 is 15.0 Å². The number of nitrogens with one attached hydrogen (secondary N) is 1. The van der Waals surface area contributed by atoms with Gasteiger partial charge in [0.15, 0.2) is 0 Å². The molecule has 1 saturated heterocycles. The zero-order valence-corrected chi connectivity index (χ0v) is 12.5. The van der Waals surface area contributed by atoms with E-state index < -0.39 is 0 Å². The molecule has 0 spiro atoms. The second-order valence-corrected chi connectivity index (χ2v) is 5.75. The highest BCUT2D eigenvalue weighted by atomic mass is 32.1. The summed E-state index contributed by atoms with van der Waals surface area (Å²) in [4.78, 5) is 15.1. The second-order valence-electron chi connectivity index (χ2n) is 4.84. The predicted molar refractivity (Wildman–Crippen MR) is 78.1 cm³/mol. The van der Waals surface area contributed by atoms with Crippen molar-refractivity contribution in [3.05, 3.63) is 16.3 Å². The Bertz CT molecular complexity index is 413. The molecule has 1 aromatic rings. The van der Waals surface area contributed by atoms with Crippen molar-refractivity contribution in [1.29, 1.82) is 0 Å². The van der Waals surface area contributed by atoms with Gasteiger partial charge in [-0.05, 0) is 26.3 Å². The summed E-state index contributed by atoms with van der Waals surface area (Å²) in [6.45, 7) is 4.65. The van der Waals surface area contributed by atoms with Gasteiger partial charge in [0.25, 0.3) is 5.91 Å². The van der Waals surface area contributed by atoms with E-state index >= 15 is 0 Å². The monoisotopic (exact) mass is 282 g/mol. The van der Waals surface area contributed by atoms with Crippen LogP contribution < -0.4 is 10.1 Å². The van der Waals surface area contributed by atoms with Crippen molar-refractivity contribution in [2.24, 2.45) is 0 Å². The summed E-state index contributed by atoms with van der Waals surface area (Å²) >= 11 is 1.45. The van der Waals surface area contributed by atoms with E-state index in [2.05, 4.69) is 5.32 Å². The summed E-state index contributed by atoms with van der Waals surface area (Å²) in [5.74, 6) is 0.878. The molecule has 2 heterocycles. The topological polar surface area (TPSA) is 41.6 Å². The minimum Gasteiger partial charge on any atom is -0.496 e. The van der Waals surface area contributed by atoms with Gasteiger partial charge in [-0.3, -0.25) is 4.79 Å². The van der Waals surface area contributed by atoms with E-state index in [-0.39, 0.29) is 5.91 Å². The van der Waals surface area contributed by atoms with Crippen molar-refractivity contribution in [3.63, 3.8) is 0 Å². The maximum absolute atomic E-state index is 12.4. The maximum Gasteiger partial charge on any atom is 0.264 e. The van der Waals surface area contributed by atoms with Gasteiger partial charge in [0.05, 0.1) is 12.0 Å². The fourth-order valence-corrected chi connectivity index (χ4v) is 3.22. The van der Waals surface area contributed by atoms with Crippen LogP contribution in [0.5, 0.6) is 5.75 Å². The van der Waals surface area contributed by atoms with Crippen LogP contribution in [-0.4, -0.2) is 43.6 Å². The SMILES string of the molecule is CCN(CC1CCCCN1)C(=O)c1cc(OC)cs1. The number of thiophene rings is 1. The third-order valence-electron chi connectivity index (χ3n) is 3.54. The lowest BCUT2D eigenvalue weighted by Gasteiger charge is -2.29. The van der Waals surface area contributed by atoms with Gasteiger partial charge in [0, 0.05) is 30.6 Å². The van der Waals surface area contributed by atoms with E-state index in [9.17, 15) is 4.79 Å². The van der Waals surface area contributed by atoms with Crippen molar-refractivity contribution in [2.75, 3.05) is 26.7 Å². The van der Waals surface area contributed by atoms with Crippen LogP contribution in [0.3, 0.4) is 0 Å². The third kappa shape index (κ3) is 3.70. The molecule has 1 aliphatic heterocycles. The van der Waals surface area contributed by atoms with E-state index in [4.69, 9.17) is 4.74 Å². The van der Waals surface area contributed by atoms with Gasteiger partial charge in [0.1, 0.15) is 5.75 Å². The van der Waals surface area contributed by atoms with Gasteiger partial charge >= 0.3 is 0 Å². The number of hydrogen-bond acceptors (Lipinski definition) is 4. The minimum atomic E-state index is 0.114. The molecule has 0 bridgehead atoms. The van der Waals surface area contributed by atoms with Crippen molar-refractivity contribution in [1.82, 2.24) is 10.2 Å². The fourth-order valence-electron chi connectivity index (χ4n) is 2.40. The standard InChI is InChI=1S/C14H22N2O2S/c1-3-16(9-11-6-4-5-7-15-11)14(17)13-8-12(18-2)10-19-13/h8,10-11,15H,3-7,9H2,1-2H3. The van der Waals surface area contributed by atoms with Gasteiger partial charge in [-0.2, -0.15) is 0 Å². The first-order valence-corrected chi connectivity index (χ1v) is 7.77. The molecule has 1 unspecified atom stereocenters. The lowest BCUT2D eigenvalue weighted by Crippen LogP contribution is -2.45. The zero-order chi connectivity index (χ0) is 13.7. The zero-order valence-electron chi connectivity index (χ0n) is 11.6. The number of hydrogen-bond donors (Lipinski definition) is 1. The molecule has 0 aliphatic carbocycles. The number of piperidine rings is 1. The van der Waals surface area contributed by atoms with E-state index in [1.807, 2.05) is 23.3 Å². The highest BCUT2D eigenvalue weighted by Gasteiger charge is 2.21. The van der Waals surface area contributed by atoms with E-state index in [1.54, 1.807) is 7.11 Å². The number of amides is 1. The van der Waals surface area contributed by atoms with Gasteiger partial charge in [-0.25, -0.2) is 0 Å². The van der Waals surface area contributed by atoms with Crippen LogP contribution in [0.25, 0.3) is 0 Å². The van der Waals surface area contributed by atoms with Gasteiger partial charge in [-0.15, -0.1) is 11.3 Å². The molecule has 0 radical (unpaired) electrons. The Labute approximate surface area is 118 Å². The molecule has 1 aliphatic rings. The van der Waals surface area contributed by atoms with Crippen LogP contribution in [0.2, 0.25) is 0 Å². The Morgan fingerprint density at radius 1 is 1.58 bits per heavy atom. The molecule has 0 saturated carbocycles. The Balaban J connectivity index is 1.97. The summed E-state index contributed by atoms with van der Waals surface area (Å²) in [5.41, 5.74) is 0. The summed E-state index contributed by atoms with van der Waals surface area (Å²) in [5, 5.41) is 5.37. The molecule has 5 heteroatoms. The fraction of sp³-hybridized carbons (Fsp3) is 0.643. The van der Waals surface area contributed by atoms with Crippen molar-refractivity contribution in [3.8, 4) is 5.75 Å². The molecule has 2 rings (SSSR count). The lowest BCUT2D eigenvalue weighted by atomic mass is 10.0. The van der Waals surface area contributed by atoms with Crippen molar-refractivity contribution in [2.45, 2.75) is 32.2 Å². The number of nitrogens with zero attached hydrogens (tertiary/aromatic N) is 1. The summed E-state index contributed by atoms with van der Waals surface area (Å²) in [7, 11) is 1.62. The van der Waals surface area contributed by atoms with E-state index in [0.29, 0.717) is 6.04 Å². The molecule has 106 valence electrons. The first-order valence-electron chi connectivity index (χ1n) is 6.89. The number of ether oxygens (including phenoxy) is 1. The first-order chi connectivity index (χ1) is 9.24. The van der Waals surface area contributed by atoms with Crippen LogP contribution >= 0.6 is 11.3 Å². The maximum atomic E-state index is 12.4. The molecule has 1 fully saturated rings. The third-order valence-corrected chi connectivity index (χ3v) is 4.44. The smallest absolute Gasteiger partial charge is 0.264 e. The highest BCUT2D eigenvalue weighted by Crippen LogP contribution is 2.23. The quantitative estimate of drug-likeness (QED) is 0.901. The molecule has 4 nitrogen and oxygen atoms in total. The number of likely N-dealkylation sites (N-methyl/N-ethyl adjacent to an activating group) is 1. The average molecular weight is 282 g/mol. The molecule has 1 aromatic heterocycles. The molecule has 19 heavy (non-hydrogen) atoms. The minimum absolute atomic E-state index is 0.114. The first kappa shape index (κ1) is 14.3. The van der Waals surface area contributed by atoms with E-state index in [1.165, 1.54) is 24.2 Å². The summed E-state index contributed by atoms with van der Waals surface area (Å²) in [6.07, 6.45) is 3.67. The van der Waals surface area contributed by atoms with Crippen LogP contribution in [0.15, 0.2) is 11.4 Å². The molecule has 1 amide bonds. The molecular weight excluding hydrogens is 260 g/mol. The average Bonchev–Trinajstić information content (AvgIpc) is 2.94. The Morgan fingerprint density at radius 2 is 2.42 bits per heavy atom. The van der Waals surface area contributed by atoms with Crippen LogP contribution in [0, 0.1) is 0 Å². The summed E-state index contributed by atoms with van der Waals surface area (Å²) < 4.78 is 5.14. The molecule has 1 atom stereocenters. The number of rotatable bonds is 5. The number of carbonyl (C=O) groups is 1. The number of carbonyl (C=O) groups excluding carboxylic acids is 1. The molecule has 1 N–H and O–H groups in total. The lowest BCUT2D eigenvalue weighted by molar-refractivity contribution is 0.0746. The molecule has 0 aromatic carbocycles. The summed E-state index contributed by atoms with van der Waals surface area (Å²) in [6, 6.07) is 2.27. The van der Waals surface area contributed by atoms with Crippen LogP contribution in [0.4, 0.5) is 0 Å². The largest absolute Gasteiger partial charge is 0.496 e. The highest BCUT2D eigenvalue weighted by molar-refractivity contribution is 7.12. The number of methoxy groups -OCH3 is 1. The molecular formula is C14H22N2O2S. The normalized spacial score (nSPS) is 19.2. The van der Waals surface area contributed by atoms with Crippen LogP contribution in [0.1, 0.15) is 35.9 Å².